The van der Waals surface area contributed by atoms with Crippen molar-refractivity contribution in [2.24, 2.45) is 0 Å². The van der Waals surface area contributed by atoms with Crippen LogP contribution in [-0.2, 0) is 11.2 Å². The van der Waals surface area contributed by atoms with Crippen LogP contribution in [0.5, 0.6) is 5.75 Å². The highest BCUT2D eigenvalue weighted by Crippen LogP contribution is 2.29. The minimum atomic E-state index is -0.0819. The van der Waals surface area contributed by atoms with Gasteiger partial charge in [0, 0.05) is 17.8 Å². The molecule has 0 aliphatic rings. The molecule has 9 heteroatoms. The first-order valence-electron chi connectivity index (χ1n) is 9.04. The summed E-state index contributed by atoms with van der Waals surface area (Å²) in [5, 5.41) is 7.67. The van der Waals surface area contributed by atoms with Gasteiger partial charge in [-0.3, -0.25) is 4.79 Å². The Labute approximate surface area is 165 Å². The van der Waals surface area contributed by atoms with Gasteiger partial charge in [-0.25, -0.2) is 14.5 Å². The fourth-order valence-corrected chi connectivity index (χ4v) is 4.06. The fraction of sp³-hybridized carbons (Fsp3) is 0.316. The third-order valence-electron chi connectivity index (χ3n) is 4.51. The number of benzene rings is 1. The van der Waals surface area contributed by atoms with E-state index in [0.717, 1.165) is 32.9 Å². The van der Waals surface area contributed by atoms with Gasteiger partial charge in [-0.1, -0.05) is 11.3 Å². The molecule has 4 rings (SSSR count). The van der Waals surface area contributed by atoms with E-state index in [1.807, 2.05) is 39.0 Å². The predicted octanol–water partition coefficient (Wildman–Crippen LogP) is 3.32. The third-order valence-corrected chi connectivity index (χ3v) is 5.44. The number of amides is 1. The normalized spacial score (nSPS) is 11.2. The Balaban J connectivity index is 1.45. The Morgan fingerprint density at radius 1 is 1.29 bits per heavy atom. The number of rotatable bonds is 6. The molecule has 144 valence electrons. The molecule has 8 nitrogen and oxygen atoms in total. The zero-order valence-corrected chi connectivity index (χ0v) is 16.7. The van der Waals surface area contributed by atoms with Crippen LogP contribution in [-0.4, -0.2) is 37.1 Å². The Morgan fingerprint density at radius 3 is 2.96 bits per heavy atom. The number of ether oxygens (including phenoxy) is 1. The van der Waals surface area contributed by atoms with E-state index in [0.29, 0.717) is 30.4 Å². The van der Waals surface area contributed by atoms with Crippen LogP contribution < -0.4 is 10.1 Å². The maximum atomic E-state index is 12.4. The second kappa shape index (κ2) is 7.51. The van der Waals surface area contributed by atoms with Gasteiger partial charge in [0.25, 0.3) is 5.78 Å². The molecule has 0 saturated heterocycles. The van der Waals surface area contributed by atoms with Crippen molar-refractivity contribution in [1.82, 2.24) is 24.6 Å². The molecule has 1 amide bonds. The number of aromatic nitrogens is 5. The Kier molecular flexibility index (Phi) is 4.91. The maximum absolute atomic E-state index is 12.4. The maximum Gasteiger partial charge on any atom is 0.252 e. The molecule has 28 heavy (non-hydrogen) atoms. The Bertz CT molecular complexity index is 1170. The van der Waals surface area contributed by atoms with Gasteiger partial charge in [0.2, 0.25) is 5.91 Å². The number of hydrogen-bond donors (Lipinski definition) is 1. The van der Waals surface area contributed by atoms with E-state index in [4.69, 9.17) is 4.74 Å². The van der Waals surface area contributed by atoms with Crippen LogP contribution in [0.2, 0.25) is 0 Å². The van der Waals surface area contributed by atoms with Gasteiger partial charge >= 0.3 is 0 Å². The highest BCUT2D eigenvalue weighted by molar-refractivity contribution is 7.22. The molecule has 1 N–H and O–H groups in total. The molecule has 4 aromatic rings. The average Bonchev–Trinajstić information content (AvgIpc) is 3.27. The van der Waals surface area contributed by atoms with Crippen molar-refractivity contribution in [1.29, 1.82) is 0 Å². The molecule has 0 aliphatic carbocycles. The average molecular weight is 396 g/mol. The first-order valence-corrected chi connectivity index (χ1v) is 9.86. The molecule has 0 unspecified atom stereocenters. The summed E-state index contributed by atoms with van der Waals surface area (Å²) in [6.45, 7) is 6.45. The summed E-state index contributed by atoms with van der Waals surface area (Å²) in [7, 11) is 0. The fourth-order valence-electron chi connectivity index (χ4n) is 3.15. The van der Waals surface area contributed by atoms with Crippen molar-refractivity contribution in [3.63, 3.8) is 0 Å². The summed E-state index contributed by atoms with van der Waals surface area (Å²) in [5.41, 5.74) is 3.68. The SMILES string of the molecule is CCOc1ccc2nc(NC(=O)CCc3c(C)nc4ncnn4c3C)sc2c1. The van der Waals surface area contributed by atoms with Crippen molar-refractivity contribution in [3.05, 3.63) is 41.5 Å². The topological polar surface area (TPSA) is 94.3 Å². The molecular weight excluding hydrogens is 376 g/mol. The number of anilines is 1. The van der Waals surface area contributed by atoms with Crippen molar-refractivity contribution in [2.75, 3.05) is 11.9 Å². The lowest BCUT2D eigenvalue weighted by molar-refractivity contribution is -0.116. The van der Waals surface area contributed by atoms with Crippen molar-refractivity contribution >= 4 is 38.4 Å². The van der Waals surface area contributed by atoms with E-state index in [1.54, 1.807) is 4.52 Å². The van der Waals surface area contributed by atoms with Crippen LogP contribution in [0.4, 0.5) is 5.13 Å². The molecular formula is C19H20N6O2S. The van der Waals surface area contributed by atoms with Crippen LogP contribution in [0.3, 0.4) is 0 Å². The van der Waals surface area contributed by atoms with E-state index in [2.05, 4.69) is 25.4 Å². The van der Waals surface area contributed by atoms with Crippen LogP contribution in [0.15, 0.2) is 24.5 Å². The summed E-state index contributed by atoms with van der Waals surface area (Å²) in [6, 6.07) is 5.73. The minimum Gasteiger partial charge on any atom is -0.494 e. The van der Waals surface area contributed by atoms with E-state index in [-0.39, 0.29) is 5.91 Å². The third kappa shape index (κ3) is 3.53. The van der Waals surface area contributed by atoms with Crippen molar-refractivity contribution < 1.29 is 9.53 Å². The molecule has 3 heterocycles. The Morgan fingerprint density at radius 2 is 2.14 bits per heavy atom. The summed E-state index contributed by atoms with van der Waals surface area (Å²) in [5.74, 6) is 1.30. The number of nitrogens with zero attached hydrogens (tertiary/aromatic N) is 5. The molecule has 0 spiro atoms. The van der Waals surface area contributed by atoms with E-state index in [9.17, 15) is 4.79 Å². The summed E-state index contributed by atoms with van der Waals surface area (Å²) in [4.78, 5) is 25.5. The molecule has 0 bridgehead atoms. The van der Waals surface area contributed by atoms with Crippen LogP contribution >= 0.6 is 11.3 Å². The van der Waals surface area contributed by atoms with Gasteiger partial charge in [0.15, 0.2) is 5.13 Å². The molecule has 0 aliphatic heterocycles. The quantitative estimate of drug-likeness (QED) is 0.537. The van der Waals surface area contributed by atoms with Gasteiger partial charge in [-0.15, -0.1) is 0 Å². The highest BCUT2D eigenvalue weighted by atomic mass is 32.1. The number of thiazole rings is 1. The lowest BCUT2D eigenvalue weighted by Crippen LogP contribution is -2.14. The number of carbonyl (C=O) groups is 1. The largest absolute Gasteiger partial charge is 0.494 e. The van der Waals surface area contributed by atoms with Gasteiger partial charge < -0.3 is 10.1 Å². The standard InChI is InChI=1S/C19H20N6O2S/c1-4-27-13-5-7-15-16(9-13)28-19(23-15)24-17(26)8-6-14-11(2)22-18-20-10-21-25(18)12(14)3/h5,7,9-10H,4,6,8H2,1-3H3,(H,23,24,26). The highest BCUT2D eigenvalue weighted by Gasteiger charge is 2.14. The summed E-state index contributed by atoms with van der Waals surface area (Å²) < 4.78 is 8.19. The number of hydrogen-bond acceptors (Lipinski definition) is 7. The molecule has 3 aromatic heterocycles. The van der Waals surface area contributed by atoms with Gasteiger partial charge in [-0.05, 0) is 51.0 Å². The molecule has 0 saturated carbocycles. The summed E-state index contributed by atoms with van der Waals surface area (Å²) >= 11 is 1.44. The lowest BCUT2D eigenvalue weighted by atomic mass is 10.1. The van der Waals surface area contributed by atoms with Crippen LogP contribution in [0, 0.1) is 13.8 Å². The second-order valence-electron chi connectivity index (χ2n) is 6.36. The van der Waals surface area contributed by atoms with Gasteiger partial charge in [0.1, 0.15) is 12.1 Å². The Hall–Kier alpha value is -3.07. The molecule has 0 atom stereocenters. The molecule has 1 aromatic carbocycles. The predicted molar refractivity (Wildman–Crippen MR) is 108 cm³/mol. The van der Waals surface area contributed by atoms with Gasteiger partial charge in [0.05, 0.1) is 16.8 Å². The number of nitrogens with one attached hydrogen (secondary N) is 1. The van der Waals surface area contributed by atoms with E-state index >= 15 is 0 Å². The van der Waals surface area contributed by atoms with E-state index < -0.39 is 0 Å². The van der Waals surface area contributed by atoms with Gasteiger partial charge in [-0.2, -0.15) is 10.1 Å². The lowest BCUT2D eigenvalue weighted by Gasteiger charge is -2.10. The summed E-state index contributed by atoms with van der Waals surface area (Å²) in [6.07, 6.45) is 2.39. The van der Waals surface area contributed by atoms with Crippen LogP contribution in [0.1, 0.15) is 30.3 Å². The van der Waals surface area contributed by atoms with Crippen molar-refractivity contribution in [3.8, 4) is 5.75 Å². The minimum absolute atomic E-state index is 0.0819. The molecule has 0 fully saturated rings. The number of carbonyl (C=O) groups excluding carboxylic acids is 1. The zero-order valence-electron chi connectivity index (χ0n) is 15.9. The molecule has 0 radical (unpaired) electrons. The second-order valence-corrected chi connectivity index (χ2v) is 7.39. The van der Waals surface area contributed by atoms with Crippen molar-refractivity contribution in [2.45, 2.75) is 33.6 Å². The first kappa shape index (κ1) is 18.3. The first-order chi connectivity index (χ1) is 13.5. The number of aryl methyl sites for hydroxylation is 2. The van der Waals surface area contributed by atoms with E-state index in [1.165, 1.54) is 17.7 Å². The number of fused-ring (bicyclic) bond motifs is 2. The zero-order chi connectivity index (χ0) is 19.7. The smallest absolute Gasteiger partial charge is 0.252 e. The monoisotopic (exact) mass is 396 g/mol. The van der Waals surface area contributed by atoms with Crippen LogP contribution in [0.25, 0.3) is 16.0 Å².